The highest BCUT2D eigenvalue weighted by molar-refractivity contribution is 6.10. The molecule has 5 N–H and O–H groups in total. The number of imidazole rings is 1. The molecule has 0 saturated heterocycles. The Morgan fingerprint density at radius 1 is 1.35 bits per heavy atom. The topological polar surface area (TPSA) is 103 Å². The first-order chi connectivity index (χ1) is 12.3. The Bertz CT molecular complexity index is 820. The highest BCUT2D eigenvalue weighted by atomic mass is 19.4. The molecule has 0 bridgehead atoms. The van der Waals surface area contributed by atoms with Crippen molar-refractivity contribution >= 4 is 11.8 Å². The molecule has 0 aliphatic carbocycles. The van der Waals surface area contributed by atoms with E-state index in [1.165, 1.54) is 6.08 Å². The molecule has 2 heterocycles. The first-order valence-corrected chi connectivity index (χ1v) is 7.81. The largest absolute Gasteiger partial charge is 0.432 e. The minimum Gasteiger partial charge on any atom is -0.404 e. The van der Waals surface area contributed by atoms with Gasteiger partial charge in [-0.1, -0.05) is 19.1 Å². The van der Waals surface area contributed by atoms with Crippen LogP contribution in [-0.4, -0.2) is 27.2 Å². The van der Waals surface area contributed by atoms with Crippen LogP contribution in [0.1, 0.15) is 29.6 Å². The van der Waals surface area contributed by atoms with Crippen LogP contribution in [0, 0.1) is 5.41 Å². The number of nitrogens with two attached hydrogens (primary N) is 1. The SMILES string of the molecule is CCNCc1cncc(/C=C/C(=C/N)C(=N)c2ncc(C(F)(F)F)[nH]2)c1. The Kier molecular flexibility index (Phi) is 6.29. The molecule has 2 aromatic rings. The molecule has 2 aromatic heterocycles. The van der Waals surface area contributed by atoms with Gasteiger partial charge in [-0.2, -0.15) is 13.2 Å². The second-order valence-corrected chi connectivity index (χ2v) is 5.38. The van der Waals surface area contributed by atoms with Gasteiger partial charge in [0.25, 0.3) is 0 Å². The van der Waals surface area contributed by atoms with Crippen LogP contribution in [-0.2, 0) is 12.7 Å². The number of nitrogens with zero attached hydrogens (tertiary/aromatic N) is 2. The number of rotatable bonds is 7. The van der Waals surface area contributed by atoms with Gasteiger partial charge in [0, 0.05) is 30.7 Å². The molecule has 9 heteroatoms. The van der Waals surface area contributed by atoms with Crippen molar-refractivity contribution in [3.63, 3.8) is 0 Å². The first kappa shape index (κ1) is 19.4. The third-order valence-electron chi connectivity index (χ3n) is 3.44. The van der Waals surface area contributed by atoms with E-state index in [0.717, 1.165) is 23.9 Å². The predicted octanol–water partition coefficient (Wildman–Crippen LogP) is 2.86. The van der Waals surface area contributed by atoms with E-state index in [1.807, 2.05) is 13.0 Å². The van der Waals surface area contributed by atoms with Gasteiger partial charge in [-0.05, 0) is 23.7 Å². The molecule has 0 aliphatic heterocycles. The van der Waals surface area contributed by atoms with Crippen LogP contribution in [0.3, 0.4) is 0 Å². The lowest BCUT2D eigenvalue weighted by molar-refractivity contribution is -0.140. The number of hydrogen-bond acceptors (Lipinski definition) is 5. The molecule has 0 fully saturated rings. The van der Waals surface area contributed by atoms with E-state index >= 15 is 0 Å². The quantitative estimate of drug-likeness (QED) is 0.448. The van der Waals surface area contributed by atoms with E-state index in [1.54, 1.807) is 18.5 Å². The van der Waals surface area contributed by atoms with Gasteiger partial charge in [0.2, 0.25) is 0 Å². The number of allylic oxidation sites excluding steroid dienone is 2. The lowest BCUT2D eigenvalue weighted by Gasteiger charge is -2.04. The zero-order chi connectivity index (χ0) is 19.2. The summed E-state index contributed by atoms with van der Waals surface area (Å²) in [5.74, 6) is -0.210. The number of aromatic amines is 1. The van der Waals surface area contributed by atoms with E-state index < -0.39 is 11.9 Å². The molecular weight excluding hydrogens is 345 g/mol. The summed E-state index contributed by atoms with van der Waals surface area (Å²) in [4.78, 5) is 9.83. The highest BCUT2D eigenvalue weighted by Gasteiger charge is 2.33. The van der Waals surface area contributed by atoms with Gasteiger partial charge in [0.15, 0.2) is 5.82 Å². The highest BCUT2D eigenvalue weighted by Crippen LogP contribution is 2.27. The minimum atomic E-state index is -4.55. The number of nitrogens with one attached hydrogen (secondary N) is 3. The molecule has 138 valence electrons. The zero-order valence-electron chi connectivity index (χ0n) is 14.1. The summed E-state index contributed by atoms with van der Waals surface area (Å²) in [6, 6.07) is 1.92. The molecule has 2 rings (SSSR count). The first-order valence-electron chi connectivity index (χ1n) is 7.81. The Labute approximate surface area is 148 Å². The molecule has 0 spiro atoms. The lowest BCUT2D eigenvalue weighted by atomic mass is 10.1. The summed E-state index contributed by atoms with van der Waals surface area (Å²) >= 11 is 0. The normalized spacial score (nSPS) is 12.7. The molecule has 0 amide bonds. The van der Waals surface area contributed by atoms with Crippen LogP contribution in [0.2, 0.25) is 0 Å². The van der Waals surface area contributed by atoms with Crippen LogP contribution < -0.4 is 11.1 Å². The number of aromatic nitrogens is 3. The van der Waals surface area contributed by atoms with Crippen LogP contribution in [0.4, 0.5) is 13.2 Å². The summed E-state index contributed by atoms with van der Waals surface area (Å²) in [5, 5.41) is 11.2. The number of H-pyrrole nitrogens is 1. The number of hydrogen-bond donors (Lipinski definition) is 4. The van der Waals surface area contributed by atoms with E-state index in [9.17, 15) is 13.2 Å². The van der Waals surface area contributed by atoms with Crippen molar-refractivity contribution in [1.82, 2.24) is 20.3 Å². The van der Waals surface area contributed by atoms with E-state index in [2.05, 4.69) is 20.3 Å². The van der Waals surface area contributed by atoms with E-state index in [-0.39, 0.29) is 17.1 Å². The molecule has 6 nitrogen and oxygen atoms in total. The maximum atomic E-state index is 12.6. The maximum Gasteiger partial charge on any atom is 0.432 e. The standard InChI is InChI=1S/C17H19F3N6/c1-2-23-8-12-5-11(7-24-9-12)3-4-13(6-21)15(22)16-25-10-14(26-16)17(18,19)20/h3-7,9-10,22-23H,2,8,21H2,1H3,(H,25,26)/b4-3+,13-6-,22-15?. The predicted molar refractivity (Wildman–Crippen MR) is 93.3 cm³/mol. The molecule has 0 radical (unpaired) electrons. The van der Waals surface area contributed by atoms with Crippen molar-refractivity contribution in [3.05, 3.63) is 65.2 Å². The van der Waals surface area contributed by atoms with Gasteiger partial charge in [-0.25, -0.2) is 4.98 Å². The van der Waals surface area contributed by atoms with Crippen LogP contribution in [0.15, 0.2) is 42.5 Å². The zero-order valence-corrected chi connectivity index (χ0v) is 14.1. The smallest absolute Gasteiger partial charge is 0.404 e. The van der Waals surface area contributed by atoms with E-state index in [0.29, 0.717) is 12.7 Å². The monoisotopic (exact) mass is 364 g/mol. The molecule has 0 saturated carbocycles. The summed E-state index contributed by atoms with van der Waals surface area (Å²) in [7, 11) is 0. The average Bonchev–Trinajstić information content (AvgIpc) is 3.11. The van der Waals surface area contributed by atoms with Crippen LogP contribution in [0.5, 0.6) is 0 Å². The van der Waals surface area contributed by atoms with Crippen LogP contribution in [0.25, 0.3) is 6.08 Å². The molecule has 26 heavy (non-hydrogen) atoms. The lowest BCUT2D eigenvalue weighted by Crippen LogP contribution is -2.11. The van der Waals surface area contributed by atoms with Crippen LogP contribution >= 0.6 is 0 Å². The molecular formula is C17H19F3N6. The summed E-state index contributed by atoms with van der Waals surface area (Å²) in [6.07, 6.45) is 3.84. The van der Waals surface area contributed by atoms with Gasteiger partial charge in [-0.3, -0.25) is 10.4 Å². The van der Waals surface area contributed by atoms with Crippen molar-refractivity contribution in [1.29, 1.82) is 5.41 Å². The van der Waals surface area contributed by atoms with Crippen molar-refractivity contribution in [2.24, 2.45) is 5.73 Å². The average molecular weight is 364 g/mol. The van der Waals surface area contributed by atoms with Gasteiger partial charge in [-0.15, -0.1) is 0 Å². The maximum absolute atomic E-state index is 12.6. The Hall–Kier alpha value is -2.94. The summed E-state index contributed by atoms with van der Waals surface area (Å²) < 4.78 is 37.9. The van der Waals surface area contributed by atoms with Crippen molar-refractivity contribution in [3.8, 4) is 0 Å². The number of alkyl halides is 3. The van der Waals surface area contributed by atoms with Gasteiger partial charge >= 0.3 is 6.18 Å². The van der Waals surface area contributed by atoms with Gasteiger partial charge < -0.3 is 16.0 Å². The summed E-state index contributed by atoms with van der Waals surface area (Å²) in [6.45, 7) is 3.51. The third kappa shape index (κ3) is 5.03. The molecule has 0 aliphatic rings. The third-order valence-corrected chi connectivity index (χ3v) is 3.44. The molecule has 0 unspecified atom stereocenters. The molecule has 0 atom stereocenters. The van der Waals surface area contributed by atoms with E-state index in [4.69, 9.17) is 11.1 Å². The minimum absolute atomic E-state index is 0.210. The second kappa shape index (κ2) is 8.43. The Morgan fingerprint density at radius 2 is 2.12 bits per heavy atom. The fraction of sp³-hybridized carbons (Fsp3) is 0.235. The fourth-order valence-corrected chi connectivity index (χ4v) is 2.10. The Morgan fingerprint density at radius 3 is 2.73 bits per heavy atom. The number of pyridine rings is 1. The van der Waals surface area contributed by atoms with Crippen molar-refractivity contribution in [2.75, 3.05) is 6.54 Å². The van der Waals surface area contributed by atoms with Gasteiger partial charge in [0.1, 0.15) is 11.4 Å². The van der Waals surface area contributed by atoms with Crippen molar-refractivity contribution in [2.45, 2.75) is 19.6 Å². The number of halogens is 3. The fourth-order valence-electron chi connectivity index (χ4n) is 2.10. The Balaban J connectivity index is 2.15. The van der Waals surface area contributed by atoms with Gasteiger partial charge in [0.05, 0.1) is 6.20 Å². The molecule has 0 aromatic carbocycles. The summed E-state index contributed by atoms with van der Waals surface area (Å²) in [5.41, 5.74) is 6.26. The van der Waals surface area contributed by atoms with Crippen molar-refractivity contribution < 1.29 is 13.2 Å². The second-order valence-electron chi connectivity index (χ2n) is 5.38.